The number of rotatable bonds is 12. The van der Waals surface area contributed by atoms with Crippen LogP contribution in [-0.4, -0.2) is 58.4 Å². The van der Waals surface area contributed by atoms with Gasteiger partial charge in [-0.25, -0.2) is 5.84 Å². The average molecular weight is 391 g/mol. The van der Waals surface area contributed by atoms with E-state index >= 15 is 0 Å². The number of nitrogen functional groups attached to an aromatic ring is 1. The van der Waals surface area contributed by atoms with Gasteiger partial charge in [-0.05, 0) is 31.5 Å². The first kappa shape index (κ1) is 21.8. The summed E-state index contributed by atoms with van der Waals surface area (Å²) in [6, 6.07) is 11.0. The second kappa shape index (κ2) is 10.8. The van der Waals surface area contributed by atoms with Gasteiger partial charge in [0.15, 0.2) is 5.82 Å². The lowest BCUT2D eigenvalue weighted by molar-refractivity contribution is 0.0902. The highest BCUT2D eigenvalue weighted by Gasteiger charge is 2.17. The van der Waals surface area contributed by atoms with Crippen LogP contribution in [0.1, 0.15) is 19.4 Å². The zero-order chi connectivity index (χ0) is 20.4. The van der Waals surface area contributed by atoms with Crippen molar-refractivity contribution in [2.75, 3.05) is 31.8 Å². The molecule has 9 heteroatoms. The van der Waals surface area contributed by atoms with Gasteiger partial charge in [0.2, 0.25) is 5.88 Å². The van der Waals surface area contributed by atoms with Gasteiger partial charge in [-0.15, -0.1) is 10.2 Å². The number of hydrogen-bond donors (Lipinski definition) is 5. The molecule has 1 unspecified atom stereocenters. The molecule has 6 N–H and O–H groups in total. The summed E-state index contributed by atoms with van der Waals surface area (Å²) < 4.78 is 11.4. The fourth-order valence-corrected chi connectivity index (χ4v) is 2.29. The fourth-order valence-electron chi connectivity index (χ4n) is 2.29. The van der Waals surface area contributed by atoms with Crippen LogP contribution in [0.5, 0.6) is 11.6 Å². The van der Waals surface area contributed by atoms with Gasteiger partial charge in [0.05, 0.1) is 13.2 Å². The molecule has 0 amide bonds. The molecule has 0 fully saturated rings. The van der Waals surface area contributed by atoms with E-state index in [-0.39, 0.29) is 13.2 Å². The minimum absolute atomic E-state index is 0.0146. The Bertz CT molecular complexity index is 712. The Labute approximate surface area is 164 Å². The maximum absolute atomic E-state index is 10.1. The highest BCUT2D eigenvalue weighted by molar-refractivity contribution is 5.34. The summed E-state index contributed by atoms with van der Waals surface area (Å²) in [4.78, 5) is 0. The fraction of sp³-hybridized carbons (Fsp3) is 0.474. The average Bonchev–Trinajstić information content (AvgIpc) is 2.72. The zero-order valence-electron chi connectivity index (χ0n) is 16.3. The SMILES string of the molecule is CC(C)(CO)NCC(O)COc1ccccc1CCOc1ccc(NN)nn1. The number of para-hydroxylation sites is 1. The van der Waals surface area contributed by atoms with E-state index in [9.17, 15) is 10.2 Å². The number of nitrogens with two attached hydrogens (primary N) is 1. The predicted octanol–water partition coefficient (Wildman–Crippen LogP) is 0.484. The first-order chi connectivity index (χ1) is 13.4. The van der Waals surface area contributed by atoms with E-state index in [4.69, 9.17) is 15.3 Å². The van der Waals surface area contributed by atoms with Crippen LogP contribution in [0.3, 0.4) is 0 Å². The molecule has 0 saturated heterocycles. The van der Waals surface area contributed by atoms with Crippen LogP contribution in [0.15, 0.2) is 36.4 Å². The molecule has 0 radical (unpaired) electrons. The van der Waals surface area contributed by atoms with Crippen molar-refractivity contribution in [3.8, 4) is 11.6 Å². The molecule has 0 bridgehead atoms. The van der Waals surface area contributed by atoms with Crippen molar-refractivity contribution in [1.82, 2.24) is 15.5 Å². The van der Waals surface area contributed by atoms with Crippen LogP contribution in [-0.2, 0) is 6.42 Å². The Morgan fingerprint density at radius 1 is 1.14 bits per heavy atom. The van der Waals surface area contributed by atoms with E-state index in [2.05, 4.69) is 20.9 Å². The molecule has 1 aromatic carbocycles. The Morgan fingerprint density at radius 3 is 2.61 bits per heavy atom. The van der Waals surface area contributed by atoms with E-state index < -0.39 is 11.6 Å². The standard InChI is InChI=1S/C19H29N5O4/c1-19(2,13-25)21-11-15(26)12-28-16-6-4-3-5-14(16)9-10-27-18-8-7-17(22-20)23-24-18/h3-8,15,21,25-26H,9-13,20H2,1-2H3,(H,22,23). The molecule has 9 nitrogen and oxygen atoms in total. The number of benzene rings is 1. The Balaban J connectivity index is 1.81. The molecule has 2 aromatic rings. The van der Waals surface area contributed by atoms with Crippen LogP contribution in [0.4, 0.5) is 5.82 Å². The molecule has 28 heavy (non-hydrogen) atoms. The van der Waals surface area contributed by atoms with Gasteiger partial charge < -0.3 is 30.4 Å². The number of nitrogens with one attached hydrogen (secondary N) is 2. The van der Waals surface area contributed by atoms with Crippen molar-refractivity contribution in [3.05, 3.63) is 42.0 Å². The smallest absolute Gasteiger partial charge is 0.233 e. The number of anilines is 1. The van der Waals surface area contributed by atoms with E-state index in [0.29, 0.717) is 37.0 Å². The lowest BCUT2D eigenvalue weighted by Crippen LogP contribution is -2.47. The second-order valence-electron chi connectivity index (χ2n) is 7.00. The predicted molar refractivity (Wildman–Crippen MR) is 106 cm³/mol. The largest absolute Gasteiger partial charge is 0.491 e. The van der Waals surface area contributed by atoms with Crippen molar-refractivity contribution in [3.63, 3.8) is 0 Å². The molecule has 154 valence electrons. The van der Waals surface area contributed by atoms with Crippen molar-refractivity contribution >= 4 is 5.82 Å². The molecular weight excluding hydrogens is 362 g/mol. The highest BCUT2D eigenvalue weighted by Crippen LogP contribution is 2.19. The summed E-state index contributed by atoms with van der Waals surface area (Å²) in [5.41, 5.74) is 2.92. The molecule has 2 rings (SSSR count). The van der Waals surface area contributed by atoms with Crippen molar-refractivity contribution in [2.24, 2.45) is 5.84 Å². The van der Waals surface area contributed by atoms with Crippen LogP contribution >= 0.6 is 0 Å². The van der Waals surface area contributed by atoms with Gasteiger partial charge in [-0.3, -0.25) is 0 Å². The molecule has 0 saturated carbocycles. The molecular formula is C19H29N5O4. The normalized spacial score (nSPS) is 12.5. The zero-order valence-corrected chi connectivity index (χ0v) is 16.3. The van der Waals surface area contributed by atoms with Crippen LogP contribution in [0, 0.1) is 0 Å². The van der Waals surface area contributed by atoms with Crippen LogP contribution < -0.4 is 26.1 Å². The topological polar surface area (TPSA) is 135 Å². The monoisotopic (exact) mass is 391 g/mol. The summed E-state index contributed by atoms with van der Waals surface area (Å²) in [6.45, 7) is 4.58. The highest BCUT2D eigenvalue weighted by atomic mass is 16.5. The van der Waals surface area contributed by atoms with E-state index in [1.165, 1.54) is 0 Å². The molecule has 0 spiro atoms. The number of nitrogens with zero attached hydrogens (tertiary/aromatic N) is 2. The van der Waals surface area contributed by atoms with Crippen molar-refractivity contribution < 1.29 is 19.7 Å². The quantitative estimate of drug-likeness (QED) is 0.259. The Hall–Kier alpha value is -2.46. The van der Waals surface area contributed by atoms with Crippen LogP contribution in [0.2, 0.25) is 0 Å². The van der Waals surface area contributed by atoms with Gasteiger partial charge >= 0.3 is 0 Å². The maximum Gasteiger partial charge on any atom is 0.233 e. The minimum Gasteiger partial charge on any atom is -0.491 e. The number of β-amino-alcohol motifs (C(OH)–C–C–N with tert-alkyl or cyclic N) is 1. The molecule has 1 atom stereocenters. The number of aromatic nitrogens is 2. The third-order valence-electron chi connectivity index (χ3n) is 4.02. The number of aliphatic hydroxyl groups excluding tert-OH is 2. The summed E-state index contributed by atoms with van der Waals surface area (Å²) in [5, 5.41) is 30.2. The van der Waals surface area contributed by atoms with E-state index in [0.717, 1.165) is 5.56 Å². The Kier molecular flexibility index (Phi) is 8.40. The molecule has 0 aliphatic rings. The molecule has 1 heterocycles. The number of ether oxygens (including phenoxy) is 2. The van der Waals surface area contributed by atoms with Crippen molar-refractivity contribution in [1.29, 1.82) is 0 Å². The second-order valence-corrected chi connectivity index (χ2v) is 7.00. The maximum atomic E-state index is 10.1. The van der Waals surface area contributed by atoms with Gasteiger partial charge in [0, 0.05) is 24.6 Å². The number of aliphatic hydroxyl groups is 2. The number of hydrazine groups is 1. The van der Waals surface area contributed by atoms with E-state index in [1.807, 2.05) is 38.1 Å². The van der Waals surface area contributed by atoms with E-state index in [1.54, 1.807) is 12.1 Å². The van der Waals surface area contributed by atoms with Gasteiger partial charge in [0.1, 0.15) is 18.5 Å². The first-order valence-corrected chi connectivity index (χ1v) is 9.11. The number of hydrogen-bond acceptors (Lipinski definition) is 9. The third kappa shape index (κ3) is 7.28. The molecule has 1 aromatic heterocycles. The summed E-state index contributed by atoms with van der Waals surface area (Å²) in [6.07, 6.45) is -0.0826. The third-order valence-corrected chi connectivity index (χ3v) is 4.02. The summed E-state index contributed by atoms with van der Waals surface area (Å²) >= 11 is 0. The van der Waals surface area contributed by atoms with Gasteiger partial charge in [0.25, 0.3) is 0 Å². The van der Waals surface area contributed by atoms with Gasteiger partial charge in [-0.2, -0.15) is 0 Å². The molecule has 0 aliphatic heterocycles. The summed E-state index contributed by atoms with van der Waals surface area (Å²) in [5.74, 6) is 6.81. The lowest BCUT2D eigenvalue weighted by atomic mass is 10.1. The van der Waals surface area contributed by atoms with Gasteiger partial charge in [-0.1, -0.05) is 18.2 Å². The minimum atomic E-state index is -0.694. The van der Waals surface area contributed by atoms with Crippen LogP contribution in [0.25, 0.3) is 0 Å². The Morgan fingerprint density at radius 2 is 1.93 bits per heavy atom. The molecule has 0 aliphatic carbocycles. The first-order valence-electron chi connectivity index (χ1n) is 9.11. The summed E-state index contributed by atoms with van der Waals surface area (Å²) in [7, 11) is 0. The lowest BCUT2D eigenvalue weighted by Gasteiger charge is -2.25. The van der Waals surface area contributed by atoms with Crippen molar-refractivity contribution in [2.45, 2.75) is 31.9 Å².